The van der Waals surface area contributed by atoms with Crippen molar-refractivity contribution in [2.24, 2.45) is 5.92 Å². The van der Waals surface area contributed by atoms with Gasteiger partial charge in [-0.25, -0.2) is 12.8 Å². The van der Waals surface area contributed by atoms with Gasteiger partial charge < -0.3 is 9.80 Å². The van der Waals surface area contributed by atoms with Crippen molar-refractivity contribution in [3.05, 3.63) is 35.4 Å². The van der Waals surface area contributed by atoms with E-state index in [0.29, 0.717) is 56.0 Å². The highest BCUT2D eigenvalue weighted by atomic mass is 32.2. The molecule has 1 atom stereocenters. The Morgan fingerprint density at radius 1 is 1.15 bits per heavy atom. The fraction of sp³-hybridized carbons (Fsp3) is 0.571. The zero-order chi connectivity index (χ0) is 24.7. The first-order valence-electron chi connectivity index (χ1n) is 10.9. The Balaban J connectivity index is 1.38. The Kier molecular flexibility index (Phi) is 6.87. The molecule has 7 nitrogen and oxygen atoms in total. The summed E-state index contributed by atoms with van der Waals surface area (Å²) in [6.07, 6.45) is -0.803. The van der Waals surface area contributed by atoms with E-state index in [9.17, 15) is 30.8 Å². The van der Waals surface area contributed by atoms with Crippen LogP contribution in [0.3, 0.4) is 0 Å². The van der Waals surface area contributed by atoms with Gasteiger partial charge in [-0.2, -0.15) is 22.5 Å². The van der Waals surface area contributed by atoms with E-state index >= 15 is 0 Å². The van der Waals surface area contributed by atoms with Crippen LogP contribution in [0.4, 0.5) is 22.7 Å². The maximum atomic E-state index is 14.5. The second-order valence-corrected chi connectivity index (χ2v) is 11.5. The quantitative estimate of drug-likeness (QED) is 0.561. The number of carbonyl (C=O) groups excluding carboxylic acids is 1. The molecule has 2 saturated heterocycles. The average molecular weight is 521 g/mol. The number of halogens is 4. The molecule has 3 heterocycles. The molecule has 0 aliphatic carbocycles. The summed E-state index contributed by atoms with van der Waals surface area (Å²) >= 11 is 0.717. The van der Waals surface area contributed by atoms with Crippen molar-refractivity contribution in [1.82, 2.24) is 14.3 Å². The van der Waals surface area contributed by atoms with Gasteiger partial charge in [0.15, 0.2) is 9.84 Å². The molecule has 0 saturated carbocycles. The van der Waals surface area contributed by atoms with Crippen LogP contribution in [0.15, 0.2) is 23.1 Å². The van der Waals surface area contributed by atoms with E-state index in [1.807, 2.05) is 4.90 Å². The molecule has 1 aromatic heterocycles. The summed E-state index contributed by atoms with van der Waals surface area (Å²) in [6.45, 7) is 1.52. The van der Waals surface area contributed by atoms with Crippen molar-refractivity contribution < 1.29 is 30.8 Å². The summed E-state index contributed by atoms with van der Waals surface area (Å²) in [4.78, 5) is 20.3. The van der Waals surface area contributed by atoms with Gasteiger partial charge in [-0.1, -0.05) is 6.07 Å². The lowest BCUT2D eigenvalue weighted by atomic mass is 9.88. The number of anilines is 1. The maximum absolute atomic E-state index is 14.5. The zero-order valence-electron chi connectivity index (χ0n) is 18.4. The average Bonchev–Trinajstić information content (AvgIpc) is 3.27. The predicted molar refractivity (Wildman–Crippen MR) is 118 cm³/mol. The lowest BCUT2D eigenvalue weighted by molar-refractivity contribution is -0.144. The van der Waals surface area contributed by atoms with E-state index in [1.165, 1.54) is 12.1 Å². The van der Waals surface area contributed by atoms with Gasteiger partial charge in [-0.05, 0) is 49.8 Å². The van der Waals surface area contributed by atoms with Crippen molar-refractivity contribution in [3.63, 3.8) is 0 Å². The lowest BCUT2D eigenvalue weighted by Gasteiger charge is -2.42. The molecule has 2 aliphatic heterocycles. The highest BCUT2D eigenvalue weighted by molar-refractivity contribution is 7.90. The molecule has 1 aromatic carbocycles. The van der Waals surface area contributed by atoms with Gasteiger partial charge in [-0.3, -0.25) is 4.79 Å². The third-order valence-corrected chi connectivity index (χ3v) is 8.23. The normalized spacial score (nSPS) is 20.7. The third kappa shape index (κ3) is 5.35. The maximum Gasteiger partial charge on any atom is 0.452 e. The molecule has 4 rings (SSSR count). The van der Waals surface area contributed by atoms with Gasteiger partial charge in [0, 0.05) is 49.4 Å². The Hall–Kier alpha value is -2.28. The number of rotatable bonds is 5. The molecule has 0 N–H and O–H groups in total. The van der Waals surface area contributed by atoms with Crippen LogP contribution >= 0.6 is 11.5 Å². The molecule has 0 unspecified atom stereocenters. The van der Waals surface area contributed by atoms with E-state index in [2.05, 4.69) is 9.36 Å². The van der Waals surface area contributed by atoms with Gasteiger partial charge in [0.1, 0.15) is 5.82 Å². The van der Waals surface area contributed by atoms with Crippen LogP contribution in [0, 0.1) is 11.7 Å². The van der Waals surface area contributed by atoms with Crippen molar-refractivity contribution >= 4 is 32.4 Å². The highest BCUT2D eigenvalue weighted by Crippen LogP contribution is 2.33. The SMILES string of the molecule is CS(=O)(=O)c1ccc(C[C@H]2CCCN(C3CCN(c4nc(C(F)(F)F)ns4)CC3)C2=O)c(F)c1. The van der Waals surface area contributed by atoms with Gasteiger partial charge in [0.25, 0.3) is 0 Å². The molecular weight excluding hydrogens is 496 g/mol. The molecule has 34 heavy (non-hydrogen) atoms. The van der Waals surface area contributed by atoms with Crippen molar-refractivity contribution in [2.45, 2.75) is 49.2 Å². The minimum absolute atomic E-state index is 0.0426. The van der Waals surface area contributed by atoms with E-state index in [4.69, 9.17) is 0 Å². The van der Waals surface area contributed by atoms with Crippen LogP contribution in [0.5, 0.6) is 0 Å². The first kappa shape index (κ1) is 24.8. The summed E-state index contributed by atoms with van der Waals surface area (Å²) in [7, 11) is -3.52. The first-order chi connectivity index (χ1) is 15.9. The monoisotopic (exact) mass is 520 g/mol. The largest absolute Gasteiger partial charge is 0.452 e. The van der Waals surface area contributed by atoms with Crippen molar-refractivity contribution in [1.29, 1.82) is 0 Å². The molecule has 1 amide bonds. The number of piperidine rings is 2. The summed E-state index contributed by atoms with van der Waals surface area (Å²) in [5, 5.41) is 0.224. The lowest BCUT2D eigenvalue weighted by Crippen LogP contribution is -2.52. The van der Waals surface area contributed by atoms with Gasteiger partial charge in [0.2, 0.25) is 16.9 Å². The van der Waals surface area contributed by atoms with Crippen LogP contribution in [-0.2, 0) is 27.2 Å². The third-order valence-electron chi connectivity index (χ3n) is 6.35. The first-order valence-corrected chi connectivity index (χ1v) is 13.5. The Bertz CT molecular complexity index is 1160. The number of likely N-dealkylation sites (tertiary alicyclic amines) is 1. The van der Waals surface area contributed by atoms with Gasteiger partial charge in [-0.15, -0.1) is 0 Å². The van der Waals surface area contributed by atoms with E-state index in [1.54, 1.807) is 4.90 Å². The molecule has 2 aliphatic rings. The van der Waals surface area contributed by atoms with Gasteiger partial charge in [0.05, 0.1) is 4.90 Å². The molecule has 0 radical (unpaired) electrons. The number of hydrogen-bond donors (Lipinski definition) is 0. The van der Waals surface area contributed by atoms with E-state index in [-0.39, 0.29) is 28.4 Å². The molecule has 0 bridgehead atoms. The number of amides is 1. The second kappa shape index (κ2) is 9.40. The Morgan fingerprint density at radius 3 is 2.44 bits per heavy atom. The van der Waals surface area contributed by atoms with Crippen LogP contribution in [0.1, 0.15) is 37.1 Å². The molecule has 0 spiro atoms. The van der Waals surface area contributed by atoms with Crippen molar-refractivity contribution in [3.8, 4) is 0 Å². The second-order valence-electron chi connectivity index (χ2n) is 8.72. The van der Waals surface area contributed by atoms with Crippen LogP contribution in [0.25, 0.3) is 0 Å². The Morgan fingerprint density at radius 2 is 1.85 bits per heavy atom. The number of sulfone groups is 1. The number of aromatic nitrogens is 2. The summed E-state index contributed by atoms with van der Waals surface area (Å²) in [5.74, 6) is -2.24. The minimum Gasteiger partial charge on any atom is -0.347 e. The number of benzene rings is 1. The molecular formula is C21H24F4N4O3S2. The molecule has 13 heteroatoms. The number of hydrogen-bond acceptors (Lipinski definition) is 7. The van der Waals surface area contributed by atoms with Crippen molar-refractivity contribution in [2.75, 3.05) is 30.8 Å². The van der Waals surface area contributed by atoms with Crippen LogP contribution in [-0.4, -0.2) is 60.5 Å². The number of carbonyl (C=O) groups is 1. The molecule has 2 aromatic rings. The predicted octanol–water partition coefficient (Wildman–Crippen LogP) is 3.55. The topological polar surface area (TPSA) is 83.5 Å². The van der Waals surface area contributed by atoms with E-state index < -0.39 is 33.6 Å². The fourth-order valence-electron chi connectivity index (χ4n) is 4.55. The van der Waals surface area contributed by atoms with Gasteiger partial charge >= 0.3 is 6.18 Å². The highest BCUT2D eigenvalue weighted by Gasteiger charge is 2.38. The van der Waals surface area contributed by atoms with Crippen LogP contribution in [0.2, 0.25) is 0 Å². The molecule has 2 fully saturated rings. The number of nitrogens with zero attached hydrogens (tertiary/aromatic N) is 4. The van der Waals surface area contributed by atoms with Crippen LogP contribution < -0.4 is 4.90 Å². The fourth-order valence-corrected chi connectivity index (χ4v) is 5.92. The smallest absolute Gasteiger partial charge is 0.347 e. The van der Waals surface area contributed by atoms with E-state index in [0.717, 1.165) is 18.7 Å². The zero-order valence-corrected chi connectivity index (χ0v) is 20.0. The Labute approximate surface area is 198 Å². The number of alkyl halides is 3. The summed E-state index contributed by atoms with van der Waals surface area (Å²) in [5.41, 5.74) is 0.305. The minimum atomic E-state index is -4.58. The summed E-state index contributed by atoms with van der Waals surface area (Å²) in [6, 6.07) is 3.72. The summed E-state index contributed by atoms with van der Waals surface area (Å²) < 4.78 is 79.5. The standard InChI is InChI=1S/C21H24F4N4O3S2/c1-34(31,32)16-5-4-13(17(22)12-16)11-14-3-2-8-29(18(14)30)15-6-9-28(10-7-15)20-26-19(27-33-20)21(23,24)25/h4-5,12,14-15H,2-3,6-11H2,1H3/t14-/m1/s1. The molecule has 186 valence electrons.